The van der Waals surface area contributed by atoms with E-state index in [-0.39, 0.29) is 22.9 Å². The number of phenols is 1. The van der Waals surface area contributed by atoms with Crippen LogP contribution >= 0.6 is 0 Å². The Morgan fingerprint density at radius 1 is 1.38 bits per heavy atom. The summed E-state index contributed by atoms with van der Waals surface area (Å²) in [5.74, 6) is 0.111. The van der Waals surface area contributed by atoms with Gasteiger partial charge in [-0.05, 0) is 12.1 Å². The van der Waals surface area contributed by atoms with Crippen LogP contribution in [0, 0.1) is 0 Å². The Labute approximate surface area is 91.6 Å². The van der Waals surface area contributed by atoms with Crippen molar-refractivity contribution >= 4 is 0 Å². The Morgan fingerprint density at radius 3 is 2.88 bits per heavy atom. The molecule has 0 fully saturated rings. The lowest BCUT2D eigenvalue weighted by Crippen LogP contribution is -2.18. The van der Waals surface area contributed by atoms with Crippen LogP contribution in [0.25, 0.3) is 0 Å². The molecule has 0 atom stereocenters. The summed E-state index contributed by atoms with van der Waals surface area (Å²) in [6.07, 6.45) is 2.98. The standard InChI is InChI=1S/C11H10N2O3/c1-13-7-6-12-10(11(13)15)16-9-5-3-2-4-8(9)14/h2-7,14H,1H3. The van der Waals surface area contributed by atoms with E-state index < -0.39 is 0 Å². The van der Waals surface area contributed by atoms with Crippen molar-refractivity contribution in [2.75, 3.05) is 0 Å². The van der Waals surface area contributed by atoms with E-state index in [2.05, 4.69) is 4.98 Å². The maximum absolute atomic E-state index is 11.6. The molecule has 0 radical (unpaired) electrons. The molecule has 0 aliphatic heterocycles. The molecule has 2 aromatic rings. The second-order valence-electron chi connectivity index (χ2n) is 3.22. The first kappa shape index (κ1) is 10.2. The van der Waals surface area contributed by atoms with E-state index in [0.29, 0.717) is 0 Å². The Kier molecular flexibility index (Phi) is 2.59. The lowest BCUT2D eigenvalue weighted by molar-refractivity contribution is 0.396. The third-order valence-electron chi connectivity index (χ3n) is 2.06. The van der Waals surface area contributed by atoms with E-state index in [1.165, 1.54) is 23.0 Å². The van der Waals surface area contributed by atoms with Crippen LogP contribution < -0.4 is 10.3 Å². The normalized spacial score (nSPS) is 10.1. The Balaban J connectivity index is 2.39. The van der Waals surface area contributed by atoms with Crippen LogP contribution in [0.1, 0.15) is 0 Å². The molecule has 0 aliphatic rings. The molecule has 82 valence electrons. The largest absolute Gasteiger partial charge is 0.504 e. The molecule has 16 heavy (non-hydrogen) atoms. The zero-order valence-electron chi connectivity index (χ0n) is 8.62. The van der Waals surface area contributed by atoms with Crippen LogP contribution in [0.5, 0.6) is 17.4 Å². The number of aromatic hydroxyl groups is 1. The first-order valence-corrected chi connectivity index (χ1v) is 4.66. The van der Waals surface area contributed by atoms with Crippen molar-refractivity contribution in [1.82, 2.24) is 9.55 Å². The van der Waals surface area contributed by atoms with Gasteiger partial charge in [0.05, 0.1) is 0 Å². The van der Waals surface area contributed by atoms with Gasteiger partial charge < -0.3 is 14.4 Å². The van der Waals surface area contributed by atoms with Crippen molar-refractivity contribution in [1.29, 1.82) is 0 Å². The first-order chi connectivity index (χ1) is 7.68. The van der Waals surface area contributed by atoms with Crippen molar-refractivity contribution in [3.05, 3.63) is 47.0 Å². The van der Waals surface area contributed by atoms with Crippen LogP contribution in [0.15, 0.2) is 41.5 Å². The van der Waals surface area contributed by atoms with Gasteiger partial charge in [-0.15, -0.1) is 0 Å². The number of benzene rings is 1. The molecule has 0 aliphatic carbocycles. The fourth-order valence-corrected chi connectivity index (χ4v) is 1.19. The molecule has 1 N–H and O–H groups in total. The van der Waals surface area contributed by atoms with Gasteiger partial charge in [-0.25, -0.2) is 4.98 Å². The molecular weight excluding hydrogens is 208 g/mol. The number of hydrogen-bond donors (Lipinski definition) is 1. The van der Waals surface area contributed by atoms with Gasteiger partial charge in [0, 0.05) is 19.4 Å². The maximum Gasteiger partial charge on any atom is 0.313 e. The summed E-state index contributed by atoms with van der Waals surface area (Å²) < 4.78 is 6.58. The summed E-state index contributed by atoms with van der Waals surface area (Å²) in [5.41, 5.74) is -0.356. The molecule has 0 amide bonds. The summed E-state index contributed by atoms with van der Waals surface area (Å²) in [4.78, 5) is 15.4. The molecule has 5 heteroatoms. The number of para-hydroxylation sites is 2. The molecule has 0 bridgehead atoms. The molecule has 0 unspecified atom stereocenters. The summed E-state index contributed by atoms with van der Waals surface area (Å²) >= 11 is 0. The minimum atomic E-state index is -0.356. The zero-order valence-corrected chi connectivity index (χ0v) is 8.62. The molecule has 1 aromatic carbocycles. The van der Waals surface area contributed by atoms with Gasteiger partial charge >= 0.3 is 5.56 Å². The molecule has 0 saturated heterocycles. The SMILES string of the molecule is Cn1ccnc(Oc2ccccc2O)c1=O. The van der Waals surface area contributed by atoms with E-state index in [4.69, 9.17) is 4.74 Å². The molecule has 0 saturated carbocycles. The van der Waals surface area contributed by atoms with E-state index >= 15 is 0 Å². The van der Waals surface area contributed by atoms with Gasteiger partial charge in [0.15, 0.2) is 11.5 Å². The van der Waals surface area contributed by atoms with Gasteiger partial charge in [0.2, 0.25) is 0 Å². The third kappa shape index (κ3) is 1.88. The van der Waals surface area contributed by atoms with Gasteiger partial charge in [-0.1, -0.05) is 12.1 Å². The Bertz CT molecular complexity index is 563. The maximum atomic E-state index is 11.6. The molecule has 5 nitrogen and oxygen atoms in total. The quantitative estimate of drug-likeness (QED) is 0.824. The number of aryl methyl sites for hydroxylation is 1. The lowest BCUT2D eigenvalue weighted by atomic mass is 10.3. The van der Waals surface area contributed by atoms with Crippen molar-refractivity contribution in [3.8, 4) is 17.4 Å². The highest BCUT2D eigenvalue weighted by Gasteiger charge is 2.07. The Hall–Kier alpha value is -2.30. The molecule has 0 spiro atoms. The van der Waals surface area contributed by atoms with Crippen LogP contribution in [0.3, 0.4) is 0 Å². The number of rotatable bonds is 2. The molecular formula is C11H10N2O3. The predicted molar refractivity (Wildman–Crippen MR) is 57.7 cm³/mol. The van der Waals surface area contributed by atoms with Gasteiger partial charge in [-0.3, -0.25) is 4.79 Å². The number of ether oxygens (including phenoxy) is 1. The fourth-order valence-electron chi connectivity index (χ4n) is 1.19. The highest BCUT2D eigenvalue weighted by atomic mass is 16.5. The van der Waals surface area contributed by atoms with Crippen LogP contribution in [-0.4, -0.2) is 14.7 Å². The fraction of sp³-hybridized carbons (Fsp3) is 0.0909. The second kappa shape index (κ2) is 4.06. The Morgan fingerprint density at radius 2 is 2.12 bits per heavy atom. The summed E-state index contributed by atoms with van der Waals surface area (Å²) in [7, 11) is 1.60. The molecule has 2 rings (SSSR count). The van der Waals surface area contributed by atoms with Gasteiger partial charge in [0.1, 0.15) is 0 Å². The van der Waals surface area contributed by atoms with E-state index in [0.717, 1.165) is 0 Å². The average Bonchev–Trinajstić information content (AvgIpc) is 2.28. The number of aromatic nitrogens is 2. The van der Waals surface area contributed by atoms with E-state index in [1.54, 1.807) is 25.2 Å². The van der Waals surface area contributed by atoms with E-state index in [1.807, 2.05) is 0 Å². The van der Waals surface area contributed by atoms with Gasteiger partial charge in [-0.2, -0.15) is 0 Å². The lowest BCUT2D eigenvalue weighted by Gasteiger charge is -2.06. The van der Waals surface area contributed by atoms with Gasteiger partial charge in [0.25, 0.3) is 5.88 Å². The average molecular weight is 218 g/mol. The minimum absolute atomic E-state index is 0.0322. The highest BCUT2D eigenvalue weighted by Crippen LogP contribution is 2.27. The topological polar surface area (TPSA) is 64.3 Å². The van der Waals surface area contributed by atoms with Crippen molar-refractivity contribution in [2.45, 2.75) is 0 Å². The number of nitrogens with zero attached hydrogens (tertiary/aromatic N) is 2. The van der Waals surface area contributed by atoms with E-state index in [9.17, 15) is 9.90 Å². The first-order valence-electron chi connectivity index (χ1n) is 4.66. The summed E-state index contributed by atoms with van der Waals surface area (Å²) in [6.45, 7) is 0. The van der Waals surface area contributed by atoms with Crippen LogP contribution in [0.4, 0.5) is 0 Å². The predicted octanol–water partition coefficient (Wildman–Crippen LogP) is 1.28. The third-order valence-corrected chi connectivity index (χ3v) is 2.06. The number of phenolic OH excluding ortho intramolecular Hbond substituents is 1. The molecule has 1 heterocycles. The monoisotopic (exact) mass is 218 g/mol. The molecule has 1 aromatic heterocycles. The second-order valence-corrected chi connectivity index (χ2v) is 3.22. The zero-order chi connectivity index (χ0) is 11.5. The number of hydrogen-bond acceptors (Lipinski definition) is 4. The highest BCUT2D eigenvalue weighted by molar-refractivity contribution is 5.39. The summed E-state index contributed by atoms with van der Waals surface area (Å²) in [6, 6.07) is 6.40. The van der Waals surface area contributed by atoms with Crippen LogP contribution in [0.2, 0.25) is 0 Å². The van der Waals surface area contributed by atoms with Crippen molar-refractivity contribution in [2.24, 2.45) is 7.05 Å². The summed E-state index contributed by atoms with van der Waals surface area (Å²) in [5, 5.41) is 9.47. The van der Waals surface area contributed by atoms with Crippen LogP contribution in [-0.2, 0) is 7.05 Å². The minimum Gasteiger partial charge on any atom is -0.504 e. The smallest absolute Gasteiger partial charge is 0.313 e. The van der Waals surface area contributed by atoms with Crippen molar-refractivity contribution in [3.63, 3.8) is 0 Å². The van der Waals surface area contributed by atoms with Crippen molar-refractivity contribution < 1.29 is 9.84 Å².